The molecule has 30 heavy (non-hydrogen) atoms. The largest absolute Gasteiger partial charge is 0.300 e. The first-order valence-electron chi connectivity index (χ1n) is 13.7. The second kappa shape index (κ2) is 8.55. The molecule has 172 valence electrons. The number of hydrogen-bond donors (Lipinski definition) is 0. The van der Waals surface area contributed by atoms with Crippen LogP contribution in [0.5, 0.6) is 0 Å². The number of rotatable bonds is 6. The molecule has 0 spiro atoms. The van der Waals surface area contributed by atoms with Crippen molar-refractivity contribution in [1.82, 2.24) is 0 Å². The van der Waals surface area contributed by atoms with Crippen molar-refractivity contribution in [2.24, 2.45) is 58.2 Å². The first kappa shape index (κ1) is 22.8. The monoisotopic (exact) mass is 414 g/mol. The molecule has 9 atom stereocenters. The van der Waals surface area contributed by atoms with Crippen molar-refractivity contribution in [3.05, 3.63) is 0 Å². The Bertz CT molecular complexity index is 622. The van der Waals surface area contributed by atoms with Crippen molar-refractivity contribution in [3.63, 3.8) is 0 Å². The average Bonchev–Trinajstić information content (AvgIpc) is 3.06. The molecule has 0 aromatic heterocycles. The fourth-order valence-electron chi connectivity index (χ4n) is 9.71. The van der Waals surface area contributed by atoms with Crippen LogP contribution in [0, 0.1) is 58.2 Å². The van der Waals surface area contributed by atoms with Crippen LogP contribution in [0.2, 0.25) is 0 Å². The molecule has 0 saturated heterocycles. The summed E-state index contributed by atoms with van der Waals surface area (Å²) in [4.78, 5) is 12.1. The van der Waals surface area contributed by atoms with E-state index >= 15 is 0 Å². The molecule has 1 unspecified atom stereocenters. The molecule has 4 aliphatic carbocycles. The molecule has 0 aromatic rings. The zero-order valence-electron chi connectivity index (χ0n) is 21.0. The van der Waals surface area contributed by atoms with Gasteiger partial charge in [0.05, 0.1) is 0 Å². The molecule has 4 fully saturated rings. The van der Waals surface area contributed by atoms with Crippen LogP contribution in [0.3, 0.4) is 0 Å². The Morgan fingerprint density at radius 2 is 1.63 bits per heavy atom. The summed E-state index contributed by atoms with van der Waals surface area (Å²) in [5.74, 6) is 7.67. The summed E-state index contributed by atoms with van der Waals surface area (Å²) in [6, 6.07) is 0. The molecular formula is C29H50O. The number of Topliss-reactive ketones (excluding diaryl/α,β-unsaturated/α-hetero) is 1. The standard InChI is InChI=1S/C29H50O/c1-7-21(19(2)3)9-8-20(4)25-12-13-26-24-11-10-22-18-23(30)14-16-28(22,5)27(24)15-17-29(25,26)6/h19-22,24-27H,7-18H2,1-6H3/t20-,21-,22?,24-,25-,26-,27-,28+,29-/m1/s1. The van der Waals surface area contributed by atoms with Gasteiger partial charge in [-0.1, -0.05) is 54.4 Å². The third-order valence-electron chi connectivity index (χ3n) is 11.7. The molecule has 0 bridgehead atoms. The Morgan fingerprint density at radius 3 is 2.33 bits per heavy atom. The summed E-state index contributed by atoms with van der Waals surface area (Å²) in [6.45, 7) is 15.1. The second-order valence-corrected chi connectivity index (χ2v) is 13.1. The fraction of sp³-hybridized carbons (Fsp3) is 0.966. The highest BCUT2D eigenvalue weighted by molar-refractivity contribution is 5.79. The van der Waals surface area contributed by atoms with E-state index in [-0.39, 0.29) is 0 Å². The molecule has 0 radical (unpaired) electrons. The van der Waals surface area contributed by atoms with E-state index in [4.69, 9.17) is 0 Å². The third-order valence-corrected chi connectivity index (χ3v) is 11.7. The molecule has 4 saturated carbocycles. The maximum atomic E-state index is 12.1. The Kier molecular flexibility index (Phi) is 6.51. The van der Waals surface area contributed by atoms with E-state index in [1.807, 2.05) is 0 Å². The van der Waals surface area contributed by atoms with Gasteiger partial charge in [-0.05, 0) is 110 Å². The van der Waals surface area contributed by atoms with E-state index < -0.39 is 0 Å². The quantitative estimate of drug-likeness (QED) is 0.427. The highest BCUT2D eigenvalue weighted by Gasteiger charge is 2.60. The smallest absolute Gasteiger partial charge is 0.133 e. The minimum Gasteiger partial charge on any atom is -0.300 e. The van der Waals surface area contributed by atoms with Crippen molar-refractivity contribution in [2.45, 2.75) is 119 Å². The number of carbonyl (C=O) groups is 1. The van der Waals surface area contributed by atoms with E-state index in [0.717, 1.165) is 54.3 Å². The first-order valence-corrected chi connectivity index (χ1v) is 13.7. The van der Waals surface area contributed by atoms with Gasteiger partial charge in [-0.25, -0.2) is 0 Å². The molecule has 0 N–H and O–H groups in total. The van der Waals surface area contributed by atoms with E-state index in [9.17, 15) is 4.79 Å². The van der Waals surface area contributed by atoms with Crippen LogP contribution in [0.15, 0.2) is 0 Å². The number of ketones is 1. The van der Waals surface area contributed by atoms with Crippen LogP contribution in [0.25, 0.3) is 0 Å². The highest BCUT2D eigenvalue weighted by atomic mass is 16.1. The van der Waals surface area contributed by atoms with Crippen LogP contribution >= 0.6 is 0 Å². The van der Waals surface area contributed by atoms with Gasteiger partial charge in [0, 0.05) is 12.8 Å². The molecule has 1 nitrogen and oxygen atoms in total. The van der Waals surface area contributed by atoms with Crippen molar-refractivity contribution in [1.29, 1.82) is 0 Å². The van der Waals surface area contributed by atoms with Gasteiger partial charge in [-0.15, -0.1) is 0 Å². The van der Waals surface area contributed by atoms with Crippen molar-refractivity contribution in [2.75, 3.05) is 0 Å². The second-order valence-electron chi connectivity index (χ2n) is 13.1. The third kappa shape index (κ3) is 3.73. The Balaban J connectivity index is 1.45. The predicted molar refractivity (Wildman–Crippen MR) is 127 cm³/mol. The van der Waals surface area contributed by atoms with E-state index in [0.29, 0.717) is 22.5 Å². The van der Waals surface area contributed by atoms with Gasteiger partial charge in [-0.2, -0.15) is 0 Å². The topological polar surface area (TPSA) is 17.1 Å². The molecule has 4 aliphatic rings. The van der Waals surface area contributed by atoms with Crippen molar-refractivity contribution in [3.8, 4) is 0 Å². The molecule has 0 aliphatic heterocycles. The van der Waals surface area contributed by atoms with Gasteiger partial charge < -0.3 is 0 Å². The molecule has 4 rings (SSSR count). The summed E-state index contributed by atoms with van der Waals surface area (Å²) >= 11 is 0. The van der Waals surface area contributed by atoms with Crippen LogP contribution in [0.4, 0.5) is 0 Å². The van der Waals surface area contributed by atoms with Crippen molar-refractivity contribution >= 4 is 5.78 Å². The molecular weight excluding hydrogens is 364 g/mol. The Labute approximate surface area is 187 Å². The van der Waals surface area contributed by atoms with Crippen LogP contribution in [0.1, 0.15) is 119 Å². The van der Waals surface area contributed by atoms with E-state index in [1.165, 1.54) is 64.2 Å². The lowest BCUT2D eigenvalue weighted by molar-refractivity contribution is -0.140. The minimum atomic E-state index is 0.466. The first-order chi connectivity index (χ1) is 14.2. The normalized spacial score (nSPS) is 45.6. The maximum Gasteiger partial charge on any atom is 0.133 e. The van der Waals surface area contributed by atoms with Crippen LogP contribution < -0.4 is 0 Å². The van der Waals surface area contributed by atoms with Gasteiger partial charge >= 0.3 is 0 Å². The number of carbonyl (C=O) groups excluding carboxylic acids is 1. The van der Waals surface area contributed by atoms with Gasteiger partial charge in [0.15, 0.2) is 0 Å². The molecule has 0 heterocycles. The van der Waals surface area contributed by atoms with Crippen LogP contribution in [-0.2, 0) is 4.79 Å². The van der Waals surface area contributed by atoms with Gasteiger partial charge in [0.1, 0.15) is 5.78 Å². The highest BCUT2D eigenvalue weighted by Crippen LogP contribution is 2.68. The molecule has 1 heteroatoms. The summed E-state index contributed by atoms with van der Waals surface area (Å²) in [6.07, 6.45) is 15.8. The summed E-state index contributed by atoms with van der Waals surface area (Å²) in [5.41, 5.74) is 1.06. The predicted octanol–water partition coefficient (Wildman–Crippen LogP) is 8.31. The average molecular weight is 415 g/mol. The zero-order chi connectivity index (χ0) is 21.7. The van der Waals surface area contributed by atoms with E-state index in [1.54, 1.807) is 0 Å². The lowest BCUT2D eigenvalue weighted by atomic mass is 9.44. The Morgan fingerprint density at radius 1 is 0.900 bits per heavy atom. The van der Waals surface area contributed by atoms with Gasteiger partial charge in [0.25, 0.3) is 0 Å². The summed E-state index contributed by atoms with van der Waals surface area (Å²) < 4.78 is 0. The maximum absolute atomic E-state index is 12.1. The van der Waals surface area contributed by atoms with E-state index in [2.05, 4.69) is 41.5 Å². The number of fused-ring (bicyclic) bond motifs is 5. The van der Waals surface area contributed by atoms with Crippen molar-refractivity contribution < 1.29 is 4.79 Å². The summed E-state index contributed by atoms with van der Waals surface area (Å²) in [7, 11) is 0. The fourth-order valence-corrected chi connectivity index (χ4v) is 9.71. The zero-order valence-corrected chi connectivity index (χ0v) is 21.0. The number of hydrogen-bond acceptors (Lipinski definition) is 1. The van der Waals surface area contributed by atoms with Gasteiger partial charge in [-0.3, -0.25) is 4.79 Å². The molecule has 0 amide bonds. The summed E-state index contributed by atoms with van der Waals surface area (Å²) in [5, 5.41) is 0. The minimum absolute atomic E-state index is 0.466. The SMILES string of the molecule is CC[C@H](CC[C@@H](C)[C@H]1CC[C@@H]2[C@H]3CCC4CC(=O)CC[C@]4(C)[C@@H]3CC[C@@]21C)C(C)C. The van der Waals surface area contributed by atoms with Gasteiger partial charge in [0.2, 0.25) is 0 Å². The Hall–Kier alpha value is -0.330. The van der Waals surface area contributed by atoms with Crippen LogP contribution in [-0.4, -0.2) is 5.78 Å². The lowest BCUT2D eigenvalue weighted by Crippen LogP contribution is -2.53. The molecule has 0 aromatic carbocycles. The lowest BCUT2D eigenvalue weighted by Gasteiger charge is -2.60.